The third kappa shape index (κ3) is 2.73. The molecule has 2 aromatic carbocycles. The lowest BCUT2D eigenvalue weighted by molar-refractivity contribution is -0.124. The molecule has 2 aliphatic heterocycles. The summed E-state index contributed by atoms with van der Waals surface area (Å²) < 4.78 is 0. The standard InChI is InChI=1S/C20H19Cl2N3O2/c1-12-3-5-13(6-4-12)17-10-23-11-20(17)18(26)25(19(27)24(20)2)16-8-14(21)7-15(22)9-16/h3-9,17,23H,10-11H2,1-2H3/t17-,20+/m0/s1. The number of amides is 3. The number of rotatable bonds is 2. The van der Waals surface area contributed by atoms with E-state index in [0.29, 0.717) is 28.8 Å². The van der Waals surface area contributed by atoms with Gasteiger partial charge < -0.3 is 10.2 Å². The fourth-order valence-electron chi connectivity index (χ4n) is 4.11. The van der Waals surface area contributed by atoms with E-state index in [1.54, 1.807) is 30.1 Å². The third-order valence-electron chi connectivity index (χ3n) is 5.55. The predicted octanol–water partition coefficient (Wildman–Crippen LogP) is 3.83. The first-order chi connectivity index (χ1) is 12.8. The molecule has 4 rings (SSSR count). The Labute approximate surface area is 167 Å². The van der Waals surface area contributed by atoms with Crippen LogP contribution >= 0.6 is 23.2 Å². The molecule has 1 N–H and O–H groups in total. The average molecular weight is 404 g/mol. The molecule has 2 aliphatic rings. The van der Waals surface area contributed by atoms with Gasteiger partial charge in [-0.25, -0.2) is 9.69 Å². The summed E-state index contributed by atoms with van der Waals surface area (Å²) in [4.78, 5) is 29.3. The lowest BCUT2D eigenvalue weighted by Gasteiger charge is -2.33. The molecule has 0 aliphatic carbocycles. The van der Waals surface area contributed by atoms with Gasteiger partial charge >= 0.3 is 6.03 Å². The minimum Gasteiger partial charge on any atom is -0.313 e. The largest absolute Gasteiger partial charge is 0.332 e. The Morgan fingerprint density at radius 1 is 1.07 bits per heavy atom. The van der Waals surface area contributed by atoms with Crippen LogP contribution in [-0.2, 0) is 4.79 Å². The normalized spacial score (nSPS) is 25.1. The lowest BCUT2D eigenvalue weighted by atomic mass is 9.80. The zero-order chi connectivity index (χ0) is 19.3. The van der Waals surface area contributed by atoms with E-state index in [-0.39, 0.29) is 17.9 Å². The zero-order valence-electron chi connectivity index (χ0n) is 15.0. The van der Waals surface area contributed by atoms with Crippen molar-refractivity contribution in [2.45, 2.75) is 18.4 Å². The first kappa shape index (κ1) is 18.3. The highest BCUT2D eigenvalue weighted by atomic mass is 35.5. The Morgan fingerprint density at radius 2 is 1.70 bits per heavy atom. The van der Waals surface area contributed by atoms with Crippen LogP contribution in [0.4, 0.5) is 10.5 Å². The van der Waals surface area contributed by atoms with Gasteiger partial charge in [0.15, 0.2) is 0 Å². The van der Waals surface area contributed by atoms with Gasteiger partial charge in [-0.2, -0.15) is 0 Å². The first-order valence-corrected chi connectivity index (χ1v) is 9.46. The smallest absolute Gasteiger partial charge is 0.313 e. The fraction of sp³-hybridized carbons (Fsp3) is 0.300. The van der Waals surface area contributed by atoms with Crippen molar-refractivity contribution < 1.29 is 9.59 Å². The van der Waals surface area contributed by atoms with E-state index in [2.05, 4.69) is 5.32 Å². The Kier molecular flexibility index (Phi) is 4.41. The molecule has 2 atom stereocenters. The molecule has 27 heavy (non-hydrogen) atoms. The molecule has 1 spiro atoms. The van der Waals surface area contributed by atoms with Gasteiger partial charge in [-0.1, -0.05) is 53.0 Å². The maximum atomic E-state index is 13.6. The Hall–Kier alpha value is -2.08. The van der Waals surface area contributed by atoms with Crippen LogP contribution in [0, 0.1) is 6.92 Å². The molecule has 2 saturated heterocycles. The second-order valence-corrected chi connectivity index (χ2v) is 8.00. The molecule has 2 heterocycles. The molecule has 0 aromatic heterocycles. The van der Waals surface area contributed by atoms with Gasteiger partial charge in [0.05, 0.1) is 5.69 Å². The molecule has 0 bridgehead atoms. The van der Waals surface area contributed by atoms with Crippen LogP contribution in [0.1, 0.15) is 17.0 Å². The highest BCUT2D eigenvalue weighted by molar-refractivity contribution is 6.35. The van der Waals surface area contributed by atoms with Crippen molar-refractivity contribution >= 4 is 40.8 Å². The van der Waals surface area contributed by atoms with Gasteiger partial charge in [0, 0.05) is 36.1 Å². The number of carbonyl (C=O) groups excluding carboxylic acids is 2. The molecule has 2 aromatic rings. The van der Waals surface area contributed by atoms with Crippen LogP contribution in [-0.4, -0.2) is 42.5 Å². The number of urea groups is 1. The highest BCUT2D eigenvalue weighted by Crippen LogP contribution is 2.44. The number of hydrogen-bond acceptors (Lipinski definition) is 3. The number of likely N-dealkylation sites (N-methyl/N-ethyl adjacent to an activating group) is 1. The van der Waals surface area contributed by atoms with E-state index in [1.165, 1.54) is 4.90 Å². The van der Waals surface area contributed by atoms with E-state index in [1.807, 2.05) is 31.2 Å². The SMILES string of the molecule is Cc1ccc([C@@H]2CNC[C@]23C(=O)N(c2cc(Cl)cc(Cl)c2)C(=O)N3C)cc1. The molecule has 7 heteroatoms. The number of imide groups is 1. The second kappa shape index (κ2) is 6.51. The van der Waals surface area contributed by atoms with Gasteiger partial charge in [-0.3, -0.25) is 4.79 Å². The quantitative estimate of drug-likeness (QED) is 0.775. The van der Waals surface area contributed by atoms with E-state index >= 15 is 0 Å². The Morgan fingerprint density at radius 3 is 2.33 bits per heavy atom. The Balaban J connectivity index is 1.80. The summed E-state index contributed by atoms with van der Waals surface area (Å²) in [5, 5.41) is 4.05. The van der Waals surface area contributed by atoms with Crippen LogP contribution < -0.4 is 10.2 Å². The first-order valence-electron chi connectivity index (χ1n) is 8.70. The van der Waals surface area contributed by atoms with Crippen molar-refractivity contribution in [3.63, 3.8) is 0 Å². The number of benzene rings is 2. The van der Waals surface area contributed by atoms with Crippen LogP contribution in [0.2, 0.25) is 10.0 Å². The van der Waals surface area contributed by atoms with E-state index < -0.39 is 5.54 Å². The maximum Gasteiger partial charge on any atom is 0.332 e. The van der Waals surface area contributed by atoms with E-state index in [4.69, 9.17) is 23.2 Å². The summed E-state index contributed by atoms with van der Waals surface area (Å²) in [6.45, 7) is 3.04. The predicted molar refractivity (Wildman–Crippen MR) is 107 cm³/mol. The minimum atomic E-state index is -0.971. The molecule has 0 unspecified atom stereocenters. The summed E-state index contributed by atoms with van der Waals surface area (Å²) in [5.74, 6) is -0.400. The fourth-order valence-corrected chi connectivity index (χ4v) is 4.62. The molecule has 0 saturated carbocycles. The van der Waals surface area contributed by atoms with Crippen LogP contribution in [0.5, 0.6) is 0 Å². The number of hydrogen-bond donors (Lipinski definition) is 1. The number of carbonyl (C=O) groups is 2. The summed E-state index contributed by atoms with van der Waals surface area (Å²) in [5.41, 5.74) is 1.60. The molecular weight excluding hydrogens is 385 g/mol. The molecule has 3 amide bonds. The Bertz CT molecular complexity index is 911. The summed E-state index contributed by atoms with van der Waals surface area (Å²) in [7, 11) is 1.68. The van der Waals surface area contributed by atoms with Crippen molar-refractivity contribution in [3.8, 4) is 0 Å². The highest BCUT2D eigenvalue weighted by Gasteiger charge is 2.62. The lowest BCUT2D eigenvalue weighted by Crippen LogP contribution is -2.53. The van der Waals surface area contributed by atoms with Crippen molar-refractivity contribution in [2.75, 3.05) is 25.0 Å². The topological polar surface area (TPSA) is 52.7 Å². The number of anilines is 1. The number of nitrogens with zero attached hydrogens (tertiary/aromatic N) is 2. The van der Waals surface area contributed by atoms with Crippen molar-refractivity contribution in [2.24, 2.45) is 0 Å². The van der Waals surface area contributed by atoms with Crippen LogP contribution in [0.25, 0.3) is 0 Å². The van der Waals surface area contributed by atoms with Crippen LogP contribution in [0.3, 0.4) is 0 Å². The summed E-state index contributed by atoms with van der Waals surface area (Å²) >= 11 is 12.2. The summed E-state index contributed by atoms with van der Waals surface area (Å²) in [6, 6.07) is 12.5. The number of aryl methyl sites for hydroxylation is 1. The minimum absolute atomic E-state index is 0.140. The van der Waals surface area contributed by atoms with Gasteiger partial charge in [0.25, 0.3) is 5.91 Å². The monoisotopic (exact) mass is 403 g/mol. The zero-order valence-corrected chi connectivity index (χ0v) is 16.5. The average Bonchev–Trinajstić information content (AvgIpc) is 3.13. The number of halogens is 2. The maximum absolute atomic E-state index is 13.6. The summed E-state index contributed by atoms with van der Waals surface area (Å²) in [6.07, 6.45) is 0. The van der Waals surface area contributed by atoms with Crippen molar-refractivity contribution in [1.82, 2.24) is 10.2 Å². The van der Waals surface area contributed by atoms with Crippen molar-refractivity contribution in [1.29, 1.82) is 0 Å². The van der Waals surface area contributed by atoms with E-state index in [0.717, 1.165) is 11.1 Å². The van der Waals surface area contributed by atoms with E-state index in [9.17, 15) is 9.59 Å². The van der Waals surface area contributed by atoms with Gasteiger partial charge in [-0.15, -0.1) is 0 Å². The van der Waals surface area contributed by atoms with Gasteiger partial charge in [-0.05, 0) is 30.7 Å². The molecular formula is C20H19Cl2N3O2. The third-order valence-corrected chi connectivity index (χ3v) is 5.99. The van der Waals surface area contributed by atoms with Crippen LogP contribution in [0.15, 0.2) is 42.5 Å². The molecule has 140 valence electrons. The van der Waals surface area contributed by atoms with Gasteiger partial charge in [0.1, 0.15) is 5.54 Å². The number of nitrogens with one attached hydrogen (secondary N) is 1. The van der Waals surface area contributed by atoms with Crippen molar-refractivity contribution in [3.05, 3.63) is 63.6 Å². The second-order valence-electron chi connectivity index (χ2n) is 7.13. The van der Waals surface area contributed by atoms with Gasteiger partial charge in [0.2, 0.25) is 0 Å². The molecule has 5 nitrogen and oxygen atoms in total. The molecule has 2 fully saturated rings. The molecule has 0 radical (unpaired) electrons.